The van der Waals surface area contributed by atoms with Crippen LogP contribution in [-0.2, 0) is 58.7 Å². The van der Waals surface area contributed by atoms with Crippen molar-refractivity contribution in [1.29, 1.82) is 0 Å². The average molecular weight is 809 g/mol. The molecule has 0 amide bonds. The van der Waals surface area contributed by atoms with Gasteiger partial charge in [0.05, 0.1) is 62.2 Å². The Bertz CT molecular complexity index is 2390. The number of thioether (sulfide) groups is 1. The summed E-state index contributed by atoms with van der Waals surface area (Å²) in [5.41, 5.74) is 8.62. The Labute approximate surface area is 333 Å². The number of esters is 1. The van der Waals surface area contributed by atoms with Gasteiger partial charge >= 0.3 is 5.97 Å². The molecular formula is C41H44Cl2FN5O5S. The Morgan fingerprint density at radius 1 is 0.964 bits per heavy atom. The lowest BCUT2D eigenvalue weighted by Crippen LogP contribution is -2.13. The van der Waals surface area contributed by atoms with E-state index in [-0.39, 0.29) is 5.02 Å². The summed E-state index contributed by atoms with van der Waals surface area (Å²) in [6.45, 7) is 6.71. The van der Waals surface area contributed by atoms with E-state index < -0.39 is 11.8 Å². The van der Waals surface area contributed by atoms with Crippen LogP contribution in [0.4, 0.5) is 4.39 Å². The summed E-state index contributed by atoms with van der Waals surface area (Å²) in [6.07, 6.45) is 1.90. The van der Waals surface area contributed by atoms with Crippen LogP contribution in [0.25, 0.3) is 32.8 Å². The van der Waals surface area contributed by atoms with Gasteiger partial charge in [0.25, 0.3) is 0 Å². The molecule has 14 heteroatoms. The van der Waals surface area contributed by atoms with E-state index in [4.69, 9.17) is 52.3 Å². The molecule has 0 saturated heterocycles. The maximum Gasteiger partial charge on any atom is 0.354 e. The van der Waals surface area contributed by atoms with Crippen LogP contribution in [0.5, 0.6) is 5.75 Å². The summed E-state index contributed by atoms with van der Waals surface area (Å²) >= 11 is 15.1. The topological polar surface area (TPSA) is 94.6 Å². The first-order chi connectivity index (χ1) is 26.6. The van der Waals surface area contributed by atoms with Crippen molar-refractivity contribution >= 4 is 62.6 Å². The lowest BCUT2D eigenvalue weighted by Gasteiger charge is -2.15. The molecule has 10 nitrogen and oxygen atoms in total. The van der Waals surface area contributed by atoms with Gasteiger partial charge in [0, 0.05) is 75.7 Å². The number of rotatable bonds is 7. The highest BCUT2D eigenvalue weighted by molar-refractivity contribution is 7.97. The summed E-state index contributed by atoms with van der Waals surface area (Å²) in [5.74, 6) is 0.959. The van der Waals surface area contributed by atoms with Crippen LogP contribution in [-0.4, -0.2) is 70.7 Å². The van der Waals surface area contributed by atoms with Crippen LogP contribution in [0.1, 0.15) is 50.8 Å². The summed E-state index contributed by atoms with van der Waals surface area (Å²) in [5, 5.41) is 12.4. The molecule has 0 fully saturated rings. The number of methoxy groups -OCH3 is 2. The van der Waals surface area contributed by atoms with Crippen molar-refractivity contribution in [2.24, 2.45) is 7.05 Å². The smallest absolute Gasteiger partial charge is 0.354 e. The molecule has 0 radical (unpaired) electrons. The third-order valence-electron chi connectivity index (χ3n) is 10.2. The lowest BCUT2D eigenvalue weighted by atomic mass is 9.97. The number of carbonyl (C=O) groups is 1. The fourth-order valence-electron chi connectivity index (χ4n) is 7.59. The van der Waals surface area contributed by atoms with E-state index >= 15 is 4.39 Å². The Morgan fingerprint density at radius 2 is 1.78 bits per heavy atom. The molecule has 1 aliphatic heterocycles. The number of hydrogen-bond acceptors (Lipinski definition) is 8. The minimum absolute atomic E-state index is 0.0619. The number of carbonyl (C=O) groups excluding carboxylic acids is 1. The largest absolute Gasteiger partial charge is 0.493 e. The quantitative estimate of drug-likeness (QED) is 0.117. The Balaban J connectivity index is 1.35. The highest BCUT2D eigenvalue weighted by Gasteiger charge is 2.28. The van der Waals surface area contributed by atoms with Crippen molar-refractivity contribution in [2.45, 2.75) is 57.7 Å². The van der Waals surface area contributed by atoms with Gasteiger partial charge in [0.1, 0.15) is 17.3 Å². The Morgan fingerprint density at radius 3 is 2.58 bits per heavy atom. The Kier molecular flexibility index (Phi) is 12.1. The second-order valence-corrected chi connectivity index (χ2v) is 15.5. The SMILES string of the molecule is COCCOCCn1nc(C)c2c1CSCc1cc(n(C)n1)CCc1cc(c3ccc(Cl)c(F)c3c1)OCCCn1c(C(=O)OC)c(C)c3c-2c(Cl)ccc31. The molecule has 4 heterocycles. The molecule has 3 aromatic heterocycles. The van der Waals surface area contributed by atoms with Crippen LogP contribution in [0.3, 0.4) is 0 Å². The Hall–Kier alpha value is -4.07. The summed E-state index contributed by atoms with van der Waals surface area (Å²) in [4.78, 5) is 13.5. The normalized spacial score (nSPS) is 13.9. The van der Waals surface area contributed by atoms with E-state index in [0.717, 1.165) is 55.9 Å². The predicted molar refractivity (Wildman–Crippen MR) is 216 cm³/mol. The molecule has 6 aromatic rings. The number of fused-ring (bicyclic) bond motifs is 8. The summed E-state index contributed by atoms with van der Waals surface area (Å²) in [6, 6.07) is 13.2. The van der Waals surface area contributed by atoms with Gasteiger partial charge in [-0.1, -0.05) is 23.2 Å². The monoisotopic (exact) mass is 807 g/mol. The van der Waals surface area contributed by atoms with Gasteiger partial charge in [-0.15, -0.1) is 11.8 Å². The van der Waals surface area contributed by atoms with Gasteiger partial charge in [0.2, 0.25) is 0 Å². The molecule has 3 aromatic carbocycles. The predicted octanol–water partition coefficient (Wildman–Crippen LogP) is 8.90. The van der Waals surface area contributed by atoms with E-state index in [1.54, 1.807) is 31.0 Å². The molecule has 0 saturated carbocycles. The van der Waals surface area contributed by atoms with E-state index in [1.165, 1.54) is 7.11 Å². The molecule has 8 bridgehead atoms. The third kappa shape index (κ3) is 7.84. The minimum Gasteiger partial charge on any atom is -0.493 e. The van der Waals surface area contributed by atoms with E-state index in [1.807, 2.05) is 59.1 Å². The third-order valence-corrected chi connectivity index (χ3v) is 11.8. The molecule has 0 atom stereocenters. The zero-order valence-electron chi connectivity index (χ0n) is 31.6. The number of halogens is 3. The zero-order valence-corrected chi connectivity index (χ0v) is 34.0. The second kappa shape index (κ2) is 17.0. The van der Waals surface area contributed by atoms with Crippen molar-refractivity contribution in [3.8, 4) is 16.9 Å². The lowest BCUT2D eigenvalue weighted by molar-refractivity contribution is 0.0587. The zero-order chi connectivity index (χ0) is 38.8. The molecule has 55 heavy (non-hydrogen) atoms. The van der Waals surface area contributed by atoms with Gasteiger partial charge in [0.15, 0.2) is 0 Å². The van der Waals surface area contributed by atoms with E-state index in [0.29, 0.717) is 97.5 Å². The van der Waals surface area contributed by atoms with Gasteiger partial charge in [-0.25, -0.2) is 9.18 Å². The van der Waals surface area contributed by atoms with Crippen molar-refractivity contribution in [3.05, 3.63) is 97.9 Å². The number of aryl methyl sites for hydroxylation is 6. The van der Waals surface area contributed by atoms with Crippen LogP contribution in [0, 0.1) is 19.7 Å². The summed E-state index contributed by atoms with van der Waals surface area (Å²) in [7, 11) is 5.00. The van der Waals surface area contributed by atoms with Crippen molar-refractivity contribution in [2.75, 3.05) is 40.6 Å². The van der Waals surface area contributed by atoms with Crippen LogP contribution < -0.4 is 4.74 Å². The highest BCUT2D eigenvalue weighted by Crippen LogP contribution is 2.43. The minimum atomic E-state index is -0.472. The fraction of sp³-hybridized carbons (Fsp3) is 0.390. The van der Waals surface area contributed by atoms with Gasteiger partial charge < -0.3 is 23.5 Å². The molecule has 0 N–H and O–H groups in total. The molecular weight excluding hydrogens is 764 g/mol. The van der Waals surface area contributed by atoms with Crippen molar-refractivity contribution in [1.82, 2.24) is 24.1 Å². The first-order valence-corrected chi connectivity index (χ1v) is 20.2. The van der Waals surface area contributed by atoms with E-state index in [2.05, 4.69) is 6.07 Å². The number of aromatic nitrogens is 5. The van der Waals surface area contributed by atoms with Gasteiger partial charge in [-0.3, -0.25) is 9.36 Å². The van der Waals surface area contributed by atoms with E-state index in [9.17, 15) is 4.79 Å². The highest BCUT2D eigenvalue weighted by atomic mass is 35.5. The van der Waals surface area contributed by atoms with Crippen molar-refractivity contribution in [3.63, 3.8) is 0 Å². The molecule has 7 rings (SSSR count). The molecule has 0 aliphatic carbocycles. The van der Waals surface area contributed by atoms with Crippen LogP contribution >= 0.6 is 35.0 Å². The molecule has 0 spiro atoms. The molecule has 290 valence electrons. The maximum atomic E-state index is 15.4. The number of benzene rings is 3. The first-order valence-electron chi connectivity index (χ1n) is 18.3. The number of hydrogen-bond donors (Lipinski definition) is 0. The maximum absolute atomic E-state index is 15.4. The number of nitrogens with zero attached hydrogens (tertiary/aromatic N) is 5. The second-order valence-electron chi connectivity index (χ2n) is 13.7. The van der Waals surface area contributed by atoms with Gasteiger partial charge in [-0.2, -0.15) is 10.2 Å². The summed E-state index contributed by atoms with van der Waals surface area (Å²) < 4.78 is 44.1. The molecule has 0 unspecified atom stereocenters. The fourth-order valence-corrected chi connectivity index (χ4v) is 8.95. The first kappa shape index (κ1) is 39.2. The van der Waals surface area contributed by atoms with Crippen molar-refractivity contribution < 1.29 is 28.1 Å². The number of ether oxygens (including phenoxy) is 4. The van der Waals surface area contributed by atoms with Crippen LogP contribution in [0.15, 0.2) is 42.5 Å². The standard InChI is InChI=1S/C41H44Cl2FN5O5S/c1-24-36-33-12-11-31(42)38(36)37-25(2)45-49(14-16-53-18-17-51-4)34(37)23-55-22-27-21-28(47(3)46-27)8-7-26-19-30-29(9-10-32(43)39(30)44)35(20-26)54-15-6-13-48(33)40(24)41(50)52-5/h9-12,19-21H,6-8,13-18,22-23H2,1-5H3. The van der Waals surface area contributed by atoms with Gasteiger partial charge in [-0.05, 0) is 86.7 Å². The average Bonchev–Trinajstić information content (AvgIpc) is 3.78. The molecule has 1 aliphatic rings. The van der Waals surface area contributed by atoms with Crippen LogP contribution in [0.2, 0.25) is 10.0 Å².